The number of rotatable bonds is 4. The average Bonchev–Trinajstić information content (AvgIpc) is 2.66. The molecular weight excluding hydrogens is 454 g/mol. The summed E-state index contributed by atoms with van der Waals surface area (Å²) in [6.45, 7) is 10.3. The molecule has 2 rings (SSSR count). The van der Waals surface area contributed by atoms with Gasteiger partial charge in [0.1, 0.15) is 11.2 Å². The Balaban J connectivity index is 0.000000340. The van der Waals surface area contributed by atoms with E-state index in [4.69, 9.17) is 19.7 Å². The van der Waals surface area contributed by atoms with Crippen LogP contribution >= 0.6 is 0 Å². The molecule has 2 aliphatic rings. The smallest absolute Gasteiger partial charge is 0.344 e. The maximum absolute atomic E-state index is 14.3. The zero-order chi connectivity index (χ0) is 26.5. The highest BCUT2D eigenvalue weighted by atomic mass is 19.1. The first-order chi connectivity index (χ1) is 15.3. The highest BCUT2D eigenvalue weighted by Crippen LogP contribution is 2.38. The van der Waals surface area contributed by atoms with Gasteiger partial charge >= 0.3 is 23.9 Å². The Morgan fingerprint density at radius 1 is 0.706 bits per heavy atom. The second-order valence-corrected chi connectivity index (χ2v) is 11.2. The first-order valence-corrected chi connectivity index (χ1v) is 11.6. The van der Waals surface area contributed by atoms with Crippen LogP contribution in [0.1, 0.15) is 92.9 Å². The van der Waals surface area contributed by atoms with E-state index in [-0.39, 0.29) is 63.3 Å². The van der Waals surface area contributed by atoms with Gasteiger partial charge < -0.3 is 19.7 Å². The van der Waals surface area contributed by atoms with E-state index < -0.39 is 46.4 Å². The first-order valence-electron chi connectivity index (χ1n) is 11.6. The average molecular weight is 493 g/mol. The Bertz CT molecular complexity index is 750. The summed E-state index contributed by atoms with van der Waals surface area (Å²) in [5.41, 5.74) is -5.47. The number of halogens is 2. The molecule has 0 spiro atoms. The molecule has 2 aliphatic carbocycles. The fourth-order valence-electron chi connectivity index (χ4n) is 3.81. The largest absolute Gasteiger partial charge is 0.481 e. The van der Waals surface area contributed by atoms with Crippen molar-refractivity contribution >= 4 is 23.9 Å². The molecule has 0 atom stereocenters. The number of carboxylic acid groups (broad SMARTS) is 2. The summed E-state index contributed by atoms with van der Waals surface area (Å²) in [4.78, 5) is 44.8. The second kappa shape index (κ2) is 11.0. The van der Waals surface area contributed by atoms with E-state index >= 15 is 0 Å². The van der Waals surface area contributed by atoms with Crippen LogP contribution in [0.15, 0.2) is 0 Å². The summed E-state index contributed by atoms with van der Waals surface area (Å²) in [5.74, 6) is -4.49. The number of carbonyl (C=O) groups excluding carboxylic acids is 2. The highest BCUT2D eigenvalue weighted by molar-refractivity contribution is 5.81. The van der Waals surface area contributed by atoms with Gasteiger partial charge in [-0.1, -0.05) is 0 Å². The molecule has 8 nitrogen and oxygen atoms in total. The third-order valence-corrected chi connectivity index (χ3v) is 5.79. The lowest BCUT2D eigenvalue weighted by Gasteiger charge is -2.32. The molecule has 0 aromatic rings. The van der Waals surface area contributed by atoms with Crippen molar-refractivity contribution in [2.24, 2.45) is 11.8 Å². The SMILES string of the molecule is CC(C)(C)OC(=O)C1(F)CCC(C(=O)O)CC1.CC(C)(C)OC(=O)C1CCC(F)(C(=O)O)CC1. The standard InChI is InChI=1S/2C12H19FO4/c1-11(2,3)17-9(14)8-4-6-12(13,7-5-8)10(15)16;1-11(2,3)17-10(16)12(13)6-4-8(5-7-12)9(14)15/h8H,4-7H2,1-3H3,(H,15,16);8H,4-7H2,1-3H3,(H,14,15). The molecule has 10 heteroatoms. The van der Waals surface area contributed by atoms with Gasteiger partial charge in [0.05, 0.1) is 11.8 Å². The normalized spacial score (nSPS) is 29.8. The van der Waals surface area contributed by atoms with Crippen LogP contribution in [0, 0.1) is 11.8 Å². The number of hydrogen-bond acceptors (Lipinski definition) is 6. The molecule has 2 saturated carbocycles. The number of hydrogen-bond donors (Lipinski definition) is 2. The molecule has 0 bridgehead atoms. The molecule has 0 unspecified atom stereocenters. The molecule has 0 amide bonds. The molecule has 0 saturated heterocycles. The van der Waals surface area contributed by atoms with Crippen molar-refractivity contribution in [2.45, 2.75) is 115 Å². The molecule has 0 aromatic carbocycles. The summed E-state index contributed by atoms with van der Waals surface area (Å²) in [5, 5.41) is 17.5. The highest BCUT2D eigenvalue weighted by Gasteiger charge is 2.46. The van der Waals surface area contributed by atoms with Crippen LogP contribution in [0.25, 0.3) is 0 Å². The van der Waals surface area contributed by atoms with Gasteiger partial charge in [0.15, 0.2) is 0 Å². The van der Waals surface area contributed by atoms with Crippen molar-refractivity contribution in [3.63, 3.8) is 0 Å². The van der Waals surface area contributed by atoms with Gasteiger partial charge in [-0.25, -0.2) is 18.4 Å². The fourth-order valence-corrected chi connectivity index (χ4v) is 3.81. The molecular formula is C24H38F2O8. The minimum Gasteiger partial charge on any atom is -0.481 e. The molecule has 0 heterocycles. The predicted octanol–water partition coefficient (Wildman–Crippen LogP) is 4.62. The number of esters is 2. The molecule has 34 heavy (non-hydrogen) atoms. The number of ether oxygens (including phenoxy) is 2. The van der Waals surface area contributed by atoms with E-state index in [0.29, 0.717) is 0 Å². The Labute approximate surface area is 199 Å². The van der Waals surface area contributed by atoms with Crippen molar-refractivity contribution in [2.75, 3.05) is 0 Å². The zero-order valence-corrected chi connectivity index (χ0v) is 20.9. The van der Waals surface area contributed by atoms with Gasteiger partial charge in [0, 0.05) is 0 Å². The van der Waals surface area contributed by atoms with Crippen LogP contribution < -0.4 is 0 Å². The van der Waals surface area contributed by atoms with Crippen molar-refractivity contribution in [3.05, 3.63) is 0 Å². The van der Waals surface area contributed by atoms with E-state index in [9.17, 15) is 28.0 Å². The van der Waals surface area contributed by atoms with Gasteiger partial charge in [-0.2, -0.15) is 0 Å². The van der Waals surface area contributed by atoms with E-state index in [1.807, 2.05) is 0 Å². The third kappa shape index (κ3) is 9.18. The monoisotopic (exact) mass is 492 g/mol. The molecule has 2 N–H and O–H groups in total. The number of alkyl halides is 2. The van der Waals surface area contributed by atoms with Gasteiger partial charge in [0.2, 0.25) is 11.3 Å². The summed E-state index contributed by atoms with van der Waals surface area (Å²) in [6, 6.07) is 0. The number of carboxylic acids is 2. The summed E-state index contributed by atoms with van der Waals surface area (Å²) < 4.78 is 38.2. The maximum atomic E-state index is 14.3. The van der Waals surface area contributed by atoms with Crippen LogP contribution in [0.5, 0.6) is 0 Å². The Morgan fingerprint density at radius 2 is 1.09 bits per heavy atom. The second-order valence-electron chi connectivity index (χ2n) is 11.2. The van der Waals surface area contributed by atoms with Crippen LogP contribution in [0.3, 0.4) is 0 Å². The third-order valence-electron chi connectivity index (χ3n) is 5.79. The van der Waals surface area contributed by atoms with E-state index in [2.05, 4.69) is 0 Å². The van der Waals surface area contributed by atoms with Gasteiger partial charge in [-0.15, -0.1) is 0 Å². The summed E-state index contributed by atoms with van der Waals surface area (Å²) in [7, 11) is 0. The lowest BCUT2D eigenvalue weighted by molar-refractivity contribution is -0.173. The Hall–Kier alpha value is -2.26. The number of carbonyl (C=O) groups is 4. The Morgan fingerprint density at radius 3 is 1.44 bits per heavy atom. The van der Waals surface area contributed by atoms with Crippen LogP contribution in [0.2, 0.25) is 0 Å². The van der Waals surface area contributed by atoms with Crippen molar-refractivity contribution in [3.8, 4) is 0 Å². The quantitative estimate of drug-likeness (QED) is 0.544. The predicted molar refractivity (Wildman–Crippen MR) is 119 cm³/mol. The van der Waals surface area contributed by atoms with Crippen molar-refractivity contribution in [1.29, 1.82) is 0 Å². The van der Waals surface area contributed by atoms with E-state index in [1.54, 1.807) is 41.5 Å². The minimum absolute atomic E-state index is 0.0706. The molecule has 2 fully saturated rings. The topological polar surface area (TPSA) is 127 Å². The molecule has 0 aromatic heterocycles. The molecule has 0 aliphatic heterocycles. The lowest BCUT2D eigenvalue weighted by Crippen LogP contribution is -2.43. The van der Waals surface area contributed by atoms with Gasteiger partial charge in [0.25, 0.3) is 0 Å². The van der Waals surface area contributed by atoms with Crippen molar-refractivity contribution < 1.29 is 47.6 Å². The minimum atomic E-state index is -2.17. The molecule has 0 radical (unpaired) electrons. The number of aliphatic carboxylic acids is 2. The van der Waals surface area contributed by atoms with E-state index in [1.165, 1.54) is 0 Å². The van der Waals surface area contributed by atoms with Crippen LogP contribution in [0.4, 0.5) is 8.78 Å². The first kappa shape index (κ1) is 29.8. The maximum Gasteiger partial charge on any atom is 0.344 e. The molecule has 196 valence electrons. The van der Waals surface area contributed by atoms with Gasteiger partial charge in [-0.3, -0.25) is 9.59 Å². The van der Waals surface area contributed by atoms with E-state index in [0.717, 1.165) is 0 Å². The summed E-state index contributed by atoms with van der Waals surface area (Å²) >= 11 is 0. The van der Waals surface area contributed by atoms with Gasteiger partial charge in [-0.05, 0) is 92.9 Å². The lowest BCUT2D eigenvalue weighted by atomic mass is 9.80. The van der Waals surface area contributed by atoms with Crippen LogP contribution in [-0.2, 0) is 28.7 Å². The summed E-state index contributed by atoms with van der Waals surface area (Å²) in [6.07, 6.45) is 0.460. The fraction of sp³-hybridized carbons (Fsp3) is 0.833. The van der Waals surface area contributed by atoms with Crippen molar-refractivity contribution in [1.82, 2.24) is 0 Å². The Kier molecular flexibility index (Phi) is 9.62. The van der Waals surface area contributed by atoms with Crippen LogP contribution in [-0.4, -0.2) is 56.6 Å². The zero-order valence-electron chi connectivity index (χ0n) is 20.9.